The zero-order valence-corrected chi connectivity index (χ0v) is 8.67. The van der Waals surface area contributed by atoms with E-state index < -0.39 is 0 Å². The highest BCUT2D eigenvalue weighted by molar-refractivity contribution is 4.91. The van der Waals surface area contributed by atoms with Crippen molar-refractivity contribution < 1.29 is 5.11 Å². The Kier molecular flexibility index (Phi) is 2.79. The van der Waals surface area contributed by atoms with Crippen molar-refractivity contribution in [2.24, 2.45) is 0 Å². The zero-order valence-electron chi connectivity index (χ0n) is 8.67. The highest BCUT2D eigenvalue weighted by atomic mass is 16.3. The molecule has 0 aliphatic carbocycles. The second kappa shape index (κ2) is 3.35. The van der Waals surface area contributed by atoms with Gasteiger partial charge >= 0.3 is 0 Å². The molecule has 1 aliphatic heterocycles. The molecule has 2 atom stereocenters. The molecule has 0 unspecified atom stereocenters. The van der Waals surface area contributed by atoms with Crippen molar-refractivity contribution in [1.29, 1.82) is 0 Å². The molecule has 72 valence electrons. The summed E-state index contributed by atoms with van der Waals surface area (Å²) in [4.78, 5) is 2.41. The molecule has 0 bridgehead atoms. The Balaban J connectivity index is 2.64. The molecule has 0 aromatic carbocycles. The normalized spacial score (nSPS) is 32.8. The number of aliphatic hydroxyl groups is 1. The molecular formula is C10H21NO. The first-order chi connectivity index (χ1) is 5.45. The van der Waals surface area contributed by atoms with E-state index in [2.05, 4.69) is 32.6 Å². The van der Waals surface area contributed by atoms with Gasteiger partial charge in [-0.25, -0.2) is 0 Å². The second-order valence-corrected chi connectivity index (χ2v) is 4.77. The van der Waals surface area contributed by atoms with Crippen LogP contribution < -0.4 is 0 Å². The Labute approximate surface area is 75.6 Å². The topological polar surface area (TPSA) is 23.5 Å². The number of β-amino-alcohol motifs (C(OH)–C–C–N with tert-alkyl or cyclic N) is 1. The average molecular weight is 171 g/mol. The summed E-state index contributed by atoms with van der Waals surface area (Å²) >= 11 is 0. The number of aliphatic hydroxyl groups excluding tert-OH is 1. The first-order valence-corrected chi connectivity index (χ1v) is 4.90. The summed E-state index contributed by atoms with van der Waals surface area (Å²) in [5.41, 5.74) is 0.207. The molecular weight excluding hydrogens is 150 g/mol. The molecule has 0 aromatic heterocycles. The van der Waals surface area contributed by atoms with Gasteiger partial charge in [-0.3, -0.25) is 4.90 Å². The van der Waals surface area contributed by atoms with Crippen LogP contribution in [0.3, 0.4) is 0 Å². The van der Waals surface area contributed by atoms with Crippen LogP contribution in [0.1, 0.15) is 40.5 Å². The molecule has 0 saturated carbocycles. The number of likely N-dealkylation sites (tertiary alicyclic amines) is 1. The minimum atomic E-state index is -0.103. The van der Waals surface area contributed by atoms with Crippen LogP contribution >= 0.6 is 0 Å². The summed E-state index contributed by atoms with van der Waals surface area (Å²) in [6, 6.07) is 0.583. The lowest BCUT2D eigenvalue weighted by Gasteiger charge is -2.36. The van der Waals surface area contributed by atoms with Gasteiger partial charge in [0.15, 0.2) is 0 Å². The van der Waals surface area contributed by atoms with Gasteiger partial charge in [0.1, 0.15) is 0 Å². The van der Waals surface area contributed by atoms with E-state index in [0.717, 1.165) is 19.4 Å². The molecule has 1 heterocycles. The van der Waals surface area contributed by atoms with Crippen LogP contribution in [0.2, 0.25) is 0 Å². The second-order valence-electron chi connectivity index (χ2n) is 4.77. The number of nitrogens with zero attached hydrogens (tertiary/aromatic N) is 1. The van der Waals surface area contributed by atoms with Crippen LogP contribution in [0, 0.1) is 0 Å². The van der Waals surface area contributed by atoms with Crippen molar-refractivity contribution in [2.75, 3.05) is 6.54 Å². The van der Waals surface area contributed by atoms with Crippen LogP contribution in [0.4, 0.5) is 0 Å². The van der Waals surface area contributed by atoms with Gasteiger partial charge in [-0.15, -0.1) is 0 Å². The van der Waals surface area contributed by atoms with Gasteiger partial charge in [-0.1, -0.05) is 6.92 Å². The first kappa shape index (κ1) is 10.0. The van der Waals surface area contributed by atoms with E-state index >= 15 is 0 Å². The number of rotatable bonds is 1. The third-order valence-corrected chi connectivity index (χ3v) is 2.73. The van der Waals surface area contributed by atoms with Gasteiger partial charge in [0.2, 0.25) is 0 Å². The van der Waals surface area contributed by atoms with Crippen LogP contribution in [-0.2, 0) is 0 Å². The fourth-order valence-electron chi connectivity index (χ4n) is 2.10. The standard InChI is InChI=1S/C10H21NO/c1-5-8-6-9(12)7-11(8)10(2,3)4/h8-9,12H,5-7H2,1-4H3/t8-,9+/m1/s1. The maximum atomic E-state index is 9.52. The first-order valence-electron chi connectivity index (χ1n) is 4.90. The summed E-state index contributed by atoms with van der Waals surface area (Å²) in [5, 5.41) is 9.52. The molecule has 1 N–H and O–H groups in total. The van der Waals surface area contributed by atoms with Crippen LogP contribution in [-0.4, -0.2) is 34.2 Å². The predicted octanol–water partition coefficient (Wildman–Crippen LogP) is 1.63. The maximum Gasteiger partial charge on any atom is 0.0682 e. The van der Waals surface area contributed by atoms with E-state index in [1.807, 2.05) is 0 Å². The monoisotopic (exact) mass is 171 g/mol. The Morgan fingerprint density at radius 3 is 2.33 bits per heavy atom. The molecule has 0 spiro atoms. The van der Waals surface area contributed by atoms with Crippen molar-refractivity contribution in [3.63, 3.8) is 0 Å². The van der Waals surface area contributed by atoms with E-state index in [4.69, 9.17) is 0 Å². The van der Waals surface area contributed by atoms with Crippen molar-refractivity contribution in [3.8, 4) is 0 Å². The lowest BCUT2D eigenvalue weighted by molar-refractivity contribution is 0.103. The quantitative estimate of drug-likeness (QED) is 0.648. The van der Waals surface area contributed by atoms with Crippen LogP contribution in [0.15, 0.2) is 0 Å². The van der Waals surface area contributed by atoms with Gasteiger partial charge in [0.25, 0.3) is 0 Å². The number of hydrogen-bond acceptors (Lipinski definition) is 2. The predicted molar refractivity (Wildman–Crippen MR) is 51.2 cm³/mol. The molecule has 12 heavy (non-hydrogen) atoms. The SMILES string of the molecule is CC[C@@H]1C[C@H](O)CN1C(C)(C)C. The van der Waals surface area contributed by atoms with Crippen molar-refractivity contribution >= 4 is 0 Å². The third kappa shape index (κ3) is 1.99. The fraction of sp³-hybridized carbons (Fsp3) is 1.00. The summed E-state index contributed by atoms with van der Waals surface area (Å²) in [7, 11) is 0. The van der Waals surface area contributed by atoms with Gasteiger partial charge in [-0.05, 0) is 33.6 Å². The lowest BCUT2D eigenvalue weighted by atomic mass is 10.0. The summed E-state index contributed by atoms with van der Waals surface area (Å²) < 4.78 is 0. The van der Waals surface area contributed by atoms with E-state index in [9.17, 15) is 5.11 Å². The minimum absolute atomic E-state index is 0.103. The molecule has 1 rings (SSSR count). The van der Waals surface area contributed by atoms with Gasteiger partial charge in [-0.2, -0.15) is 0 Å². The molecule has 1 fully saturated rings. The van der Waals surface area contributed by atoms with E-state index in [1.54, 1.807) is 0 Å². The summed E-state index contributed by atoms with van der Waals surface area (Å²) in [6.45, 7) is 9.69. The van der Waals surface area contributed by atoms with Crippen molar-refractivity contribution in [2.45, 2.75) is 58.2 Å². The largest absolute Gasteiger partial charge is 0.392 e. The smallest absolute Gasteiger partial charge is 0.0682 e. The van der Waals surface area contributed by atoms with E-state index in [-0.39, 0.29) is 11.6 Å². The summed E-state index contributed by atoms with van der Waals surface area (Å²) in [5.74, 6) is 0. The van der Waals surface area contributed by atoms with Crippen LogP contribution in [0.25, 0.3) is 0 Å². The molecule has 2 heteroatoms. The Morgan fingerprint density at radius 1 is 1.42 bits per heavy atom. The van der Waals surface area contributed by atoms with Gasteiger partial charge in [0, 0.05) is 18.1 Å². The summed E-state index contributed by atoms with van der Waals surface area (Å²) in [6.07, 6.45) is 2.00. The number of hydrogen-bond donors (Lipinski definition) is 1. The van der Waals surface area contributed by atoms with Gasteiger partial charge in [0.05, 0.1) is 6.10 Å². The Bertz CT molecular complexity index is 150. The van der Waals surface area contributed by atoms with Crippen LogP contribution in [0.5, 0.6) is 0 Å². The lowest BCUT2D eigenvalue weighted by Crippen LogP contribution is -2.44. The Hall–Kier alpha value is -0.0800. The zero-order chi connectivity index (χ0) is 9.35. The molecule has 1 aliphatic rings. The van der Waals surface area contributed by atoms with E-state index in [0.29, 0.717) is 6.04 Å². The van der Waals surface area contributed by atoms with Crippen molar-refractivity contribution in [1.82, 2.24) is 4.90 Å². The Morgan fingerprint density at radius 2 is 2.00 bits per heavy atom. The molecule has 0 aromatic rings. The third-order valence-electron chi connectivity index (χ3n) is 2.73. The molecule has 0 radical (unpaired) electrons. The molecule has 1 saturated heterocycles. The van der Waals surface area contributed by atoms with Gasteiger partial charge < -0.3 is 5.11 Å². The molecule has 0 amide bonds. The minimum Gasteiger partial charge on any atom is -0.392 e. The maximum absolute atomic E-state index is 9.52. The van der Waals surface area contributed by atoms with E-state index in [1.165, 1.54) is 0 Å². The highest BCUT2D eigenvalue weighted by Crippen LogP contribution is 2.28. The highest BCUT2D eigenvalue weighted by Gasteiger charge is 2.35. The fourth-order valence-corrected chi connectivity index (χ4v) is 2.10. The molecule has 2 nitrogen and oxygen atoms in total. The average Bonchev–Trinajstić information content (AvgIpc) is 2.29. The van der Waals surface area contributed by atoms with Crippen molar-refractivity contribution in [3.05, 3.63) is 0 Å².